The van der Waals surface area contributed by atoms with Gasteiger partial charge in [0.25, 0.3) is 0 Å². The third-order valence-corrected chi connectivity index (χ3v) is 4.89. The van der Waals surface area contributed by atoms with Gasteiger partial charge in [0, 0.05) is 18.7 Å². The molecule has 1 aliphatic heterocycles. The first-order chi connectivity index (χ1) is 12.2. The van der Waals surface area contributed by atoms with Gasteiger partial charge in [-0.1, -0.05) is 41.6 Å². The monoisotopic (exact) mass is 342 g/mol. The lowest BCUT2D eigenvalue weighted by Gasteiger charge is -2.30. The van der Waals surface area contributed by atoms with Crippen LogP contribution in [0, 0.1) is 5.92 Å². The Morgan fingerprint density at radius 2 is 2.12 bits per heavy atom. The second-order valence-corrected chi connectivity index (χ2v) is 6.73. The van der Waals surface area contributed by atoms with E-state index in [0.717, 1.165) is 50.9 Å². The molecule has 1 saturated heterocycles. The van der Waals surface area contributed by atoms with Crippen LogP contribution in [0.15, 0.2) is 41.6 Å². The van der Waals surface area contributed by atoms with Crippen LogP contribution in [-0.2, 0) is 9.63 Å². The Balaban J connectivity index is 1.52. The van der Waals surface area contributed by atoms with Gasteiger partial charge in [-0.2, -0.15) is 0 Å². The molecule has 0 saturated carbocycles. The molecule has 0 aromatic heterocycles. The first kappa shape index (κ1) is 17.7. The van der Waals surface area contributed by atoms with Crippen LogP contribution >= 0.6 is 0 Å². The maximum absolute atomic E-state index is 11.1. The highest BCUT2D eigenvalue weighted by atomic mass is 16.6. The van der Waals surface area contributed by atoms with Gasteiger partial charge < -0.3 is 9.94 Å². The predicted molar refractivity (Wildman–Crippen MR) is 98.5 cm³/mol. The van der Waals surface area contributed by atoms with E-state index in [1.165, 1.54) is 11.1 Å². The van der Waals surface area contributed by atoms with Gasteiger partial charge in [0.1, 0.15) is 6.61 Å². The van der Waals surface area contributed by atoms with Gasteiger partial charge in [-0.15, -0.1) is 0 Å². The summed E-state index contributed by atoms with van der Waals surface area (Å²) >= 11 is 0. The molecule has 0 bridgehead atoms. The van der Waals surface area contributed by atoms with Crippen LogP contribution in [0.3, 0.4) is 0 Å². The summed E-state index contributed by atoms with van der Waals surface area (Å²) in [4.78, 5) is 18.9. The van der Waals surface area contributed by atoms with Crippen LogP contribution < -0.4 is 0 Å². The van der Waals surface area contributed by atoms with E-state index in [2.05, 4.69) is 28.3 Å². The standard InChI is InChI=1S/C20H26N2O3/c23-20(24)17-9-6-12-22(15-17)13-14-25-21-19-11-5-4-10-18(19)16-7-2-1-3-8-16/h1-3,7-8,10,17H,4-6,9,11-15H2,(H,23,24)/t17-/m1/s1. The van der Waals surface area contributed by atoms with Gasteiger partial charge in [-0.25, -0.2) is 0 Å². The number of carboxylic acid groups (broad SMARTS) is 1. The number of piperidine rings is 1. The average Bonchev–Trinajstić information content (AvgIpc) is 2.66. The van der Waals surface area contributed by atoms with Crippen molar-refractivity contribution in [2.45, 2.75) is 32.1 Å². The van der Waals surface area contributed by atoms with Gasteiger partial charge in [0.15, 0.2) is 0 Å². The van der Waals surface area contributed by atoms with E-state index in [1.54, 1.807) is 0 Å². The maximum Gasteiger partial charge on any atom is 0.307 e. The molecule has 2 aliphatic rings. The molecule has 1 atom stereocenters. The van der Waals surface area contributed by atoms with Crippen molar-refractivity contribution >= 4 is 17.3 Å². The molecule has 0 unspecified atom stereocenters. The number of benzene rings is 1. The third kappa shape index (κ3) is 4.92. The summed E-state index contributed by atoms with van der Waals surface area (Å²) in [6, 6.07) is 10.3. The molecule has 25 heavy (non-hydrogen) atoms. The first-order valence-corrected chi connectivity index (χ1v) is 9.14. The Morgan fingerprint density at radius 1 is 1.28 bits per heavy atom. The fraction of sp³-hybridized carbons (Fsp3) is 0.500. The summed E-state index contributed by atoms with van der Waals surface area (Å²) in [6.07, 6.45) is 7.07. The Morgan fingerprint density at radius 3 is 2.92 bits per heavy atom. The Kier molecular flexibility index (Phi) is 6.23. The number of rotatable bonds is 6. The maximum atomic E-state index is 11.1. The lowest BCUT2D eigenvalue weighted by Crippen LogP contribution is -2.40. The highest BCUT2D eigenvalue weighted by molar-refractivity contribution is 6.24. The van der Waals surface area contributed by atoms with Crippen molar-refractivity contribution in [3.63, 3.8) is 0 Å². The summed E-state index contributed by atoms with van der Waals surface area (Å²) in [5, 5.41) is 13.5. The molecular formula is C20H26N2O3. The number of hydrogen-bond acceptors (Lipinski definition) is 4. The zero-order valence-electron chi connectivity index (χ0n) is 14.6. The number of aliphatic carboxylic acids is 1. The van der Waals surface area contributed by atoms with Crippen LogP contribution in [0.4, 0.5) is 0 Å². The van der Waals surface area contributed by atoms with E-state index < -0.39 is 5.97 Å². The molecule has 0 amide bonds. The van der Waals surface area contributed by atoms with Crippen molar-refractivity contribution < 1.29 is 14.7 Å². The molecule has 1 aromatic rings. The molecule has 0 radical (unpaired) electrons. The Labute approximate surface area is 149 Å². The molecule has 1 aromatic carbocycles. The van der Waals surface area contributed by atoms with Crippen LogP contribution in [0.25, 0.3) is 5.57 Å². The minimum Gasteiger partial charge on any atom is -0.481 e. The SMILES string of the molecule is O=C(O)[C@@H]1CCCN(CCON=C2CCCC=C2c2ccccc2)C1. The number of hydrogen-bond donors (Lipinski definition) is 1. The molecular weight excluding hydrogens is 316 g/mol. The van der Waals surface area contributed by atoms with Crippen molar-refractivity contribution in [3.05, 3.63) is 42.0 Å². The number of carboxylic acids is 1. The zero-order chi connectivity index (χ0) is 17.5. The van der Waals surface area contributed by atoms with E-state index in [-0.39, 0.29) is 5.92 Å². The lowest BCUT2D eigenvalue weighted by molar-refractivity contribution is -0.143. The summed E-state index contributed by atoms with van der Waals surface area (Å²) in [5.41, 5.74) is 3.38. The topological polar surface area (TPSA) is 62.1 Å². The van der Waals surface area contributed by atoms with Crippen molar-refractivity contribution in [2.75, 3.05) is 26.2 Å². The minimum absolute atomic E-state index is 0.244. The molecule has 1 aliphatic carbocycles. The number of nitrogens with zero attached hydrogens (tertiary/aromatic N) is 2. The molecule has 3 rings (SSSR count). The second-order valence-electron chi connectivity index (χ2n) is 6.73. The van der Waals surface area contributed by atoms with Crippen LogP contribution in [0.1, 0.15) is 37.7 Å². The van der Waals surface area contributed by atoms with E-state index >= 15 is 0 Å². The normalized spacial score (nSPS) is 23.3. The molecule has 1 heterocycles. The smallest absolute Gasteiger partial charge is 0.307 e. The number of oxime groups is 1. The highest BCUT2D eigenvalue weighted by Gasteiger charge is 2.25. The largest absolute Gasteiger partial charge is 0.481 e. The van der Waals surface area contributed by atoms with Crippen LogP contribution in [0.5, 0.6) is 0 Å². The zero-order valence-corrected chi connectivity index (χ0v) is 14.6. The van der Waals surface area contributed by atoms with E-state index in [9.17, 15) is 4.79 Å². The predicted octanol–water partition coefficient (Wildman–Crippen LogP) is 3.42. The summed E-state index contributed by atoms with van der Waals surface area (Å²) < 4.78 is 0. The minimum atomic E-state index is -0.689. The molecule has 1 N–H and O–H groups in total. The molecule has 1 fully saturated rings. The quantitative estimate of drug-likeness (QED) is 0.635. The van der Waals surface area contributed by atoms with Crippen molar-refractivity contribution in [2.24, 2.45) is 11.1 Å². The van der Waals surface area contributed by atoms with Gasteiger partial charge in [0.2, 0.25) is 0 Å². The summed E-state index contributed by atoms with van der Waals surface area (Å²) in [6.45, 7) is 2.78. The van der Waals surface area contributed by atoms with Gasteiger partial charge in [-0.3, -0.25) is 9.69 Å². The van der Waals surface area contributed by atoms with E-state index in [1.807, 2.05) is 18.2 Å². The fourth-order valence-corrected chi connectivity index (χ4v) is 3.52. The summed E-state index contributed by atoms with van der Waals surface area (Å²) in [7, 11) is 0. The number of carbonyl (C=O) groups is 1. The first-order valence-electron chi connectivity index (χ1n) is 9.14. The van der Waals surface area contributed by atoms with Gasteiger partial charge >= 0.3 is 5.97 Å². The number of likely N-dealkylation sites (tertiary alicyclic amines) is 1. The lowest BCUT2D eigenvalue weighted by atomic mass is 9.92. The van der Waals surface area contributed by atoms with Crippen molar-refractivity contribution in [1.82, 2.24) is 4.90 Å². The molecule has 5 heteroatoms. The van der Waals surface area contributed by atoms with Gasteiger partial charge in [0.05, 0.1) is 11.6 Å². The fourth-order valence-electron chi connectivity index (χ4n) is 3.52. The third-order valence-electron chi connectivity index (χ3n) is 4.89. The van der Waals surface area contributed by atoms with Crippen molar-refractivity contribution in [3.8, 4) is 0 Å². The molecule has 5 nitrogen and oxygen atoms in total. The number of allylic oxidation sites excluding steroid dienone is 2. The van der Waals surface area contributed by atoms with Gasteiger partial charge in [-0.05, 0) is 44.2 Å². The highest BCUT2D eigenvalue weighted by Crippen LogP contribution is 2.25. The molecule has 134 valence electrons. The van der Waals surface area contributed by atoms with E-state index in [4.69, 9.17) is 9.94 Å². The van der Waals surface area contributed by atoms with Crippen molar-refractivity contribution in [1.29, 1.82) is 0 Å². The van der Waals surface area contributed by atoms with Crippen LogP contribution in [0.2, 0.25) is 0 Å². The Bertz CT molecular complexity index is 640. The second kappa shape index (κ2) is 8.81. The Hall–Kier alpha value is -2.14. The molecule has 0 spiro atoms. The van der Waals surface area contributed by atoms with Crippen LogP contribution in [-0.4, -0.2) is 47.9 Å². The average molecular weight is 342 g/mol. The summed E-state index contributed by atoms with van der Waals surface area (Å²) in [5.74, 6) is -0.934. The van der Waals surface area contributed by atoms with E-state index in [0.29, 0.717) is 13.2 Å².